The zero-order valence-corrected chi connectivity index (χ0v) is 8.98. The summed E-state index contributed by atoms with van der Waals surface area (Å²) >= 11 is 0. The van der Waals surface area contributed by atoms with Gasteiger partial charge in [0.2, 0.25) is 0 Å². The van der Waals surface area contributed by atoms with Crippen LogP contribution in [0, 0.1) is 0 Å². The van der Waals surface area contributed by atoms with Crippen molar-refractivity contribution in [1.29, 1.82) is 0 Å². The van der Waals surface area contributed by atoms with E-state index in [0.29, 0.717) is 5.70 Å². The van der Waals surface area contributed by atoms with Crippen molar-refractivity contribution in [2.75, 3.05) is 5.73 Å². The van der Waals surface area contributed by atoms with Gasteiger partial charge in [0.15, 0.2) is 0 Å². The van der Waals surface area contributed by atoms with Gasteiger partial charge in [0, 0.05) is 11.4 Å². The fourth-order valence-corrected chi connectivity index (χ4v) is 1.55. The minimum absolute atomic E-state index is 0.587. The van der Waals surface area contributed by atoms with Gasteiger partial charge in [-0.3, -0.25) is 0 Å². The van der Waals surface area contributed by atoms with Crippen molar-refractivity contribution in [2.45, 2.75) is 0 Å². The van der Waals surface area contributed by atoms with Crippen molar-refractivity contribution < 1.29 is 0 Å². The van der Waals surface area contributed by atoms with Gasteiger partial charge in [-0.15, -0.1) is 0 Å². The Hall–Kier alpha value is -2.22. The quantitative estimate of drug-likeness (QED) is 0.749. The van der Waals surface area contributed by atoms with Gasteiger partial charge in [0.25, 0.3) is 0 Å². The molecule has 2 heteroatoms. The largest absolute Gasteiger partial charge is 0.399 e. The Labute approximate surface area is 95.2 Å². The smallest absolute Gasteiger partial charge is 0.0314 e. The molecule has 0 aliphatic rings. The number of hydrogen-bond donors (Lipinski definition) is 2. The van der Waals surface area contributed by atoms with Gasteiger partial charge < -0.3 is 11.5 Å². The molecule has 0 aromatic heterocycles. The van der Waals surface area contributed by atoms with Gasteiger partial charge in [-0.25, -0.2) is 0 Å². The molecule has 2 aromatic carbocycles. The van der Waals surface area contributed by atoms with E-state index in [0.717, 1.165) is 22.4 Å². The van der Waals surface area contributed by atoms with Crippen LogP contribution in [0.1, 0.15) is 5.56 Å². The predicted octanol–water partition coefficient (Wildman–Crippen LogP) is 2.87. The van der Waals surface area contributed by atoms with Crippen molar-refractivity contribution in [1.82, 2.24) is 0 Å². The third kappa shape index (κ3) is 2.06. The van der Waals surface area contributed by atoms with E-state index in [1.165, 1.54) is 0 Å². The summed E-state index contributed by atoms with van der Waals surface area (Å²) in [4.78, 5) is 0. The third-order valence-electron chi connectivity index (χ3n) is 2.50. The summed E-state index contributed by atoms with van der Waals surface area (Å²) in [5.41, 5.74) is 15.9. The van der Waals surface area contributed by atoms with Gasteiger partial charge in [0.05, 0.1) is 0 Å². The van der Waals surface area contributed by atoms with E-state index in [9.17, 15) is 0 Å². The van der Waals surface area contributed by atoms with Crippen LogP contribution in [0.5, 0.6) is 0 Å². The fourth-order valence-electron chi connectivity index (χ4n) is 1.55. The maximum atomic E-state index is 5.64. The molecule has 80 valence electrons. The first-order valence-corrected chi connectivity index (χ1v) is 5.07. The van der Waals surface area contributed by atoms with Crippen LogP contribution in [0.4, 0.5) is 5.69 Å². The molecule has 0 fully saturated rings. The standard InChI is InChI=1S/C14H14N2/c1-10(15)11-2-4-12(5-3-11)13-6-8-14(16)9-7-13/h2-9H,1,15-16H2. The number of hydrogen-bond acceptors (Lipinski definition) is 2. The molecule has 0 radical (unpaired) electrons. The molecule has 4 N–H and O–H groups in total. The van der Waals surface area contributed by atoms with Gasteiger partial charge in [-0.05, 0) is 28.8 Å². The van der Waals surface area contributed by atoms with Gasteiger partial charge >= 0.3 is 0 Å². The average molecular weight is 210 g/mol. The van der Waals surface area contributed by atoms with Gasteiger partial charge in [-0.1, -0.05) is 43.0 Å². The minimum Gasteiger partial charge on any atom is -0.399 e. The number of anilines is 1. The topological polar surface area (TPSA) is 52.0 Å². The summed E-state index contributed by atoms with van der Waals surface area (Å²) in [6.07, 6.45) is 0. The number of rotatable bonds is 2. The molecule has 0 saturated carbocycles. The van der Waals surface area contributed by atoms with E-state index in [2.05, 4.69) is 6.58 Å². The van der Waals surface area contributed by atoms with Crippen LogP contribution in [0.15, 0.2) is 55.1 Å². The molecule has 2 rings (SSSR count). The molecule has 2 aromatic rings. The molecular formula is C14H14N2. The molecule has 0 bridgehead atoms. The second kappa shape index (κ2) is 4.11. The Balaban J connectivity index is 2.34. The van der Waals surface area contributed by atoms with Crippen LogP contribution in [0.3, 0.4) is 0 Å². The van der Waals surface area contributed by atoms with Gasteiger partial charge in [0.1, 0.15) is 0 Å². The molecule has 0 saturated heterocycles. The molecule has 0 atom stereocenters. The molecule has 0 aliphatic carbocycles. The molecule has 0 unspecified atom stereocenters. The zero-order chi connectivity index (χ0) is 11.5. The maximum absolute atomic E-state index is 5.64. The zero-order valence-electron chi connectivity index (χ0n) is 8.98. The van der Waals surface area contributed by atoms with E-state index in [4.69, 9.17) is 11.5 Å². The lowest BCUT2D eigenvalue weighted by atomic mass is 10.0. The molecule has 0 heterocycles. The Morgan fingerprint density at radius 2 is 1.25 bits per heavy atom. The molecular weight excluding hydrogens is 196 g/mol. The van der Waals surface area contributed by atoms with E-state index in [1.54, 1.807) is 0 Å². The summed E-state index contributed by atoms with van der Waals surface area (Å²) < 4.78 is 0. The Bertz CT molecular complexity index is 495. The van der Waals surface area contributed by atoms with E-state index in [-0.39, 0.29) is 0 Å². The lowest BCUT2D eigenvalue weighted by Crippen LogP contribution is -1.93. The highest BCUT2D eigenvalue weighted by Gasteiger charge is 1.98. The molecule has 0 amide bonds. The minimum atomic E-state index is 0.587. The third-order valence-corrected chi connectivity index (χ3v) is 2.50. The lowest BCUT2D eigenvalue weighted by Gasteiger charge is -2.04. The number of nitrogens with two attached hydrogens (primary N) is 2. The summed E-state index contributed by atoms with van der Waals surface area (Å²) in [6.45, 7) is 3.70. The Morgan fingerprint density at radius 3 is 1.69 bits per heavy atom. The second-order valence-corrected chi connectivity index (χ2v) is 3.72. The highest BCUT2D eigenvalue weighted by atomic mass is 14.6. The lowest BCUT2D eigenvalue weighted by molar-refractivity contribution is 1.52. The Morgan fingerprint density at radius 1 is 0.812 bits per heavy atom. The first-order chi connectivity index (χ1) is 7.66. The summed E-state index contributed by atoms with van der Waals surface area (Å²) in [6, 6.07) is 15.8. The molecule has 16 heavy (non-hydrogen) atoms. The second-order valence-electron chi connectivity index (χ2n) is 3.72. The number of benzene rings is 2. The first-order valence-electron chi connectivity index (χ1n) is 5.07. The van der Waals surface area contributed by atoms with Crippen LogP contribution in [0.25, 0.3) is 16.8 Å². The van der Waals surface area contributed by atoms with Crippen molar-refractivity contribution in [3.05, 3.63) is 60.7 Å². The van der Waals surface area contributed by atoms with E-state index in [1.807, 2.05) is 48.5 Å². The van der Waals surface area contributed by atoms with Crippen molar-refractivity contribution >= 4 is 11.4 Å². The monoisotopic (exact) mass is 210 g/mol. The van der Waals surface area contributed by atoms with Crippen LogP contribution in [-0.2, 0) is 0 Å². The molecule has 0 spiro atoms. The van der Waals surface area contributed by atoms with E-state index < -0.39 is 0 Å². The van der Waals surface area contributed by atoms with Gasteiger partial charge in [-0.2, -0.15) is 0 Å². The Kier molecular flexibility index (Phi) is 2.64. The van der Waals surface area contributed by atoms with Crippen molar-refractivity contribution in [3.8, 4) is 11.1 Å². The van der Waals surface area contributed by atoms with Crippen LogP contribution in [0.2, 0.25) is 0 Å². The van der Waals surface area contributed by atoms with E-state index >= 15 is 0 Å². The van der Waals surface area contributed by atoms with Crippen molar-refractivity contribution in [3.63, 3.8) is 0 Å². The van der Waals surface area contributed by atoms with Crippen LogP contribution in [-0.4, -0.2) is 0 Å². The summed E-state index contributed by atoms with van der Waals surface area (Å²) in [7, 11) is 0. The highest BCUT2D eigenvalue weighted by molar-refractivity contribution is 5.69. The average Bonchev–Trinajstić information content (AvgIpc) is 2.30. The fraction of sp³-hybridized carbons (Fsp3) is 0. The molecule has 2 nitrogen and oxygen atoms in total. The number of nitrogen functional groups attached to an aromatic ring is 1. The maximum Gasteiger partial charge on any atom is 0.0314 e. The highest BCUT2D eigenvalue weighted by Crippen LogP contribution is 2.21. The SMILES string of the molecule is C=C(N)c1ccc(-c2ccc(N)cc2)cc1. The van der Waals surface area contributed by atoms with Crippen molar-refractivity contribution in [2.24, 2.45) is 5.73 Å². The van der Waals surface area contributed by atoms with Crippen LogP contribution < -0.4 is 11.5 Å². The van der Waals surface area contributed by atoms with Crippen LogP contribution >= 0.6 is 0 Å². The predicted molar refractivity (Wildman–Crippen MR) is 69.5 cm³/mol. The summed E-state index contributed by atoms with van der Waals surface area (Å²) in [5, 5.41) is 0. The molecule has 0 aliphatic heterocycles. The normalized spacial score (nSPS) is 10.0. The summed E-state index contributed by atoms with van der Waals surface area (Å²) in [5.74, 6) is 0. The first kappa shape index (κ1) is 10.3.